The van der Waals surface area contributed by atoms with E-state index in [4.69, 9.17) is 16.3 Å². The zero-order chi connectivity index (χ0) is 11.8. The van der Waals surface area contributed by atoms with Crippen molar-refractivity contribution in [3.05, 3.63) is 30.1 Å². The largest absolute Gasteiger partial charge is 0.369 e. The summed E-state index contributed by atoms with van der Waals surface area (Å²) in [6.45, 7) is 0. The molecule has 1 amide bonds. The second-order valence-corrected chi connectivity index (χ2v) is 3.74. The minimum Gasteiger partial charge on any atom is -0.369 e. The number of nitrogens with zero attached hydrogens (tertiary/aromatic N) is 3. The SMILES string of the molecule is N#CC1(C#N)[C@H](C(N)=O)[C@H]1c1cccnc1. The molecule has 0 unspecified atom stereocenters. The van der Waals surface area contributed by atoms with Gasteiger partial charge in [0, 0.05) is 18.3 Å². The molecule has 0 radical (unpaired) electrons. The number of pyridine rings is 1. The molecule has 0 saturated heterocycles. The van der Waals surface area contributed by atoms with Crippen LogP contribution in [0.15, 0.2) is 24.5 Å². The maximum absolute atomic E-state index is 11.2. The lowest BCUT2D eigenvalue weighted by atomic mass is 10.0. The van der Waals surface area contributed by atoms with Crippen molar-refractivity contribution in [2.75, 3.05) is 0 Å². The van der Waals surface area contributed by atoms with Crippen molar-refractivity contribution < 1.29 is 4.79 Å². The summed E-state index contributed by atoms with van der Waals surface area (Å²) in [5.74, 6) is -1.79. The quantitative estimate of drug-likeness (QED) is 0.761. The van der Waals surface area contributed by atoms with Gasteiger partial charge in [-0.1, -0.05) is 6.07 Å². The number of carbonyl (C=O) groups is 1. The highest BCUT2D eigenvalue weighted by molar-refractivity contribution is 5.85. The molecule has 5 heteroatoms. The molecular weight excluding hydrogens is 204 g/mol. The molecule has 16 heavy (non-hydrogen) atoms. The van der Waals surface area contributed by atoms with Crippen LogP contribution in [0.3, 0.4) is 0 Å². The Morgan fingerprint density at radius 3 is 2.56 bits per heavy atom. The highest BCUT2D eigenvalue weighted by atomic mass is 16.1. The van der Waals surface area contributed by atoms with Crippen molar-refractivity contribution in [1.29, 1.82) is 10.5 Å². The van der Waals surface area contributed by atoms with Gasteiger partial charge in [-0.3, -0.25) is 9.78 Å². The summed E-state index contributed by atoms with van der Waals surface area (Å²) >= 11 is 0. The number of rotatable bonds is 2. The average Bonchev–Trinajstić information content (AvgIpc) is 3.00. The monoisotopic (exact) mass is 212 g/mol. The van der Waals surface area contributed by atoms with Gasteiger partial charge in [-0.15, -0.1) is 0 Å². The van der Waals surface area contributed by atoms with Gasteiger partial charge in [0.05, 0.1) is 18.1 Å². The lowest BCUT2D eigenvalue weighted by Gasteiger charge is -1.96. The number of hydrogen-bond acceptors (Lipinski definition) is 4. The van der Waals surface area contributed by atoms with Crippen molar-refractivity contribution >= 4 is 5.91 Å². The van der Waals surface area contributed by atoms with Crippen molar-refractivity contribution in [3.63, 3.8) is 0 Å². The Bertz CT molecular complexity index is 497. The van der Waals surface area contributed by atoms with Gasteiger partial charge < -0.3 is 5.73 Å². The van der Waals surface area contributed by atoms with Crippen molar-refractivity contribution in [2.45, 2.75) is 5.92 Å². The first-order chi connectivity index (χ1) is 7.67. The van der Waals surface area contributed by atoms with Crippen LogP contribution in [0.1, 0.15) is 11.5 Å². The molecule has 0 spiro atoms. The zero-order valence-electron chi connectivity index (χ0n) is 8.29. The standard InChI is InChI=1S/C11H8N4O/c12-5-11(6-13)8(9(11)10(14)16)7-2-1-3-15-4-7/h1-4,8-9H,(H2,14,16)/t8-,9+/m1/s1. The lowest BCUT2D eigenvalue weighted by Crippen LogP contribution is -2.17. The number of hydrogen-bond donors (Lipinski definition) is 1. The molecule has 1 aliphatic carbocycles. The fourth-order valence-corrected chi connectivity index (χ4v) is 2.09. The molecule has 1 fully saturated rings. The third-order valence-electron chi connectivity index (χ3n) is 2.93. The van der Waals surface area contributed by atoms with Crippen molar-refractivity contribution in [3.8, 4) is 12.1 Å². The van der Waals surface area contributed by atoms with Gasteiger partial charge in [0.1, 0.15) is 0 Å². The number of primary amides is 1. The first-order valence-electron chi connectivity index (χ1n) is 4.69. The Kier molecular flexibility index (Phi) is 2.10. The van der Waals surface area contributed by atoms with E-state index in [0.29, 0.717) is 5.56 Å². The summed E-state index contributed by atoms with van der Waals surface area (Å²) in [4.78, 5) is 15.1. The van der Waals surface area contributed by atoms with Gasteiger partial charge in [0.15, 0.2) is 5.41 Å². The average molecular weight is 212 g/mol. The third kappa shape index (κ3) is 1.15. The van der Waals surface area contributed by atoms with Crippen LogP contribution in [-0.2, 0) is 4.79 Å². The Morgan fingerprint density at radius 2 is 2.19 bits per heavy atom. The molecule has 78 valence electrons. The minimum atomic E-state index is -1.31. The van der Waals surface area contributed by atoms with E-state index in [1.807, 2.05) is 12.1 Å². The zero-order valence-corrected chi connectivity index (χ0v) is 8.29. The third-order valence-corrected chi connectivity index (χ3v) is 2.93. The van der Waals surface area contributed by atoms with Crippen LogP contribution in [0.4, 0.5) is 0 Å². The number of nitriles is 2. The van der Waals surface area contributed by atoms with Crippen molar-refractivity contribution in [1.82, 2.24) is 4.98 Å². The summed E-state index contributed by atoms with van der Waals surface area (Å²) in [6, 6.07) is 7.22. The van der Waals surface area contributed by atoms with E-state index < -0.39 is 23.2 Å². The molecule has 0 aliphatic heterocycles. The fourth-order valence-electron chi connectivity index (χ4n) is 2.09. The molecular formula is C11H8N4O. The number of carbonyl (C=O) groups excluding carboxylic acids is 1. The lowest BCUT2D eigenvalue weighted by molar-refractivity contribution is -0.119. The van der Waals surface area contributed by atoms with Gasteiger partial charge in [0.2, 0.25) is 5.91 Å². The van der Waals surface area contributed by atoms with Gasteiger partial charge in [-0.05, 0) is 11.6 Å². The normalized spacial score (nSPS) is 25.1. The second-order valence-electron chi connectivity index (χ2n) is 3.74. The second kappa shape index (κ2) is 3.32. The van der Waals surface area contributed by atoms with Gasteiger partial charge in [-0.2, -0.15) is 10.5 Å². The fraction of sp³-hybridized carbons (Fsp3) is 0.273. The maximum atomic E-state index is 11.2. The predicted octanol–water partition coefficient (Wildman–Crippen LogP) is 0.314. The van der Waals surface area contributed by atoms with E-state index in [1.165, 1.54) is 0 Å². The molecule has 0 aromatic carbocycles. The van der Waals surface area contributed by atoms with Gasteiger partial charge >= 0.3 is 0 Å². The molecule has 5 nitrogen and oxygen atoms in total. The number of aromatic nitrogens is 1. The molecule has 1 aromatic rings. The van der Waals surface area contributed by atoms with E-state index >= 15 is 0 Å². The van der Waals surface area contributed by atoms with Gasteiger partial charge in [0.25, 0.3) is 0 Å². The number of nitrogens with two attached hydrogens (primary N) is 1. The Morgan fingerprint density at radius 1 is 1.50 bits per heavy atom. The van der Waals surface area contributed by atoms with Gasteiger partial charge in [-0.25, -0.2) is 0 Å². The van der Waals surface area contributed by atoms with E-state index in [1.54, 1.807) is 24.5 Å². The van der Waals surface area contributed by atoms with Crippen LogP contribution < -0.4 is 5.73 Å². The van der Waals surface area contributed by atoms with Crippen LogP contribution in [-0.4, -0.2) is 10.9 Å². The van der Waals surface area contributed by atoms with E-state index in [2.05, 4.69) is 4.98 Å². The van der Waals surface area contributed by atoms with Crippen LogP contribution in [0, 0.1) is 34.0 Å². The summed E-state index contributed by atoms with van der Waals surface area (Å²) in [7, 11) is 0. The van der Waals surface area contributed by atoms with Crippen LogP contribution in [0.25, 0.3) is 0 Å². The van der Waals surface area contributed by atoms with E-state index in [9.17, 15) is 4.79 Å². The first-order valence-corrected chi connectivity index (χ1v) is 4.69. The molecule has 1 heterocycles. The molecule has 2 rings (SSSR count). The van der Waals surface area contributed by atoms with Crippen LogP contribution >= 0.6 is 0 Å². The first kappa shape index (κ1) is 10.1. The molecule has 1 aromatic heterocycles. The summed E-state index contributed by atoms with van der Waals surface area (Å²) in [5.41, 5.74) is 4.58. The summed E-state index contributed by atoms with van der Waals surface area (Å²) < 4.78 is 0. The summed E-state index contributed by atoms with van der Waals surface area (Å²) in [6.07, 6.45) is 3.14. The van der Waals surface area contributed by atoms with Crippen LogP contribution in [0.5, 0.6) is 0 Å². The molecule has 1 aliphatic rings. The molecule has 2 atom stereocenters. The predicted molar refractivity (Wildman–Crippen MR) is 53.3 cm³/mol. The van der Waals surface area contributed by atoms with Crippen LogP contribution in [0.2, 0.25) is 0 Å². The number of amides is 1. The Hall–Kier alpha value is -2.40. The molecule has 0 bridgehead atoms. The smallest absolute Gasteiger partial charge is 0.223 e. The molecule has 1 saturated carbocycles. The maximum Gasteiger partial charge on any atom is 0.223 e. The molecule has 2 N–H and O–H groups in total. The minimum absolute atomic E-state index is 0.450. The van der Waals surface area contributed by atoms with E-state index in [0.717, 1.165) is 0 Å². The highest BCUT2D eigenvalue weighted by Gasteiger charge is 2.70. The van der Waals surface area contributed by atoms with E-state index in [-0.39, 0.29) is 0 Å². The Labute approximate surface area is 92.1 Å². The summed E-state index contributed by atoms with van der Waals surface area (Å²) in [5, 5.41) is 18.0. The van der Waals surface area contributed by atoms with Crippen molar-refractivity contribution in [2.24, 2.45) is 17.1 Å². The highest BCUT2D eigenvalue weighted by Crippen LogP contribution is 2.63. The topological polar surface area (TPSA) is 104 Å². The Balaban J connectivity index is 2.43.